The van der Waals surface area contributed by atoms with E-state index in [-0.39, 0.29) is 18.8 Å². The van der Waals surface area contributed by atoms with Crippen LogP contribution >= 0.6 is 11.6 Å². The number of carbonyl (C=O) groups excluding carboxylic acids is 3. The van der Waals surface area contributed by atoms with Crippen molar-refractivity contribution in [2.75, 3.05) is 18.5 Å². The fourth-order valence-corrected chi connectivity index (χ4v) is 3.03. The minimum atomic E-state index is -0.484. The van der Waals surface area contributed by atoms with E-state index in [1.807, 2.05) is 19.9 Å². The van der Waals surface area contributed by atoms with Crippen molar-refractivity contribution in [1.82, 2.24) is 0 Å². The van der Waals surface area contributed by atoms with E-state index < -0.39 is 11.9 Å². The molecule has 0 saturated heterocycles. The van der Waals surface area contributed by atoms with Gasteiger partial charge in [0.1, 0.15) is 5.75 Å². The van der Waals surface area contributed by atoms with E-state index in [4.69, 9.17) is 21.1 Å². The number of halogens is 1. The number of ketones is 1. The van der Waals surface area contributed by atoms with Crippen LogP contribution in [0.4, 0.5) is 5.69 Å². The summed E-state index contributed by atoms with van der Waals surface area (Å²) in [5.74, 6) is -0.326. The molecule has 0 spiro atoms. The van der Waals surface area contributed by atoms with Crippen molar-refractivity contribution in [3.63, 3.8) is 0 Å². The van der Waals surface area contributed by atoms with Crippen molar-refractivity contribution >= 4 is 34.9 Å². The smallest absolute Gasteiger partial charge is 0.306 e. The summed E-state index contributed by atoms with van der Waals surface area (Å²) >= 11 is 6.15. The molecule has 0 heterocycles. The maximum absolute atomic E-state index is 12.0. The number of benzene rings is 2. The molecule has 0 aliphatic rings. The number of anilines is 1. The Balaban J connectivity index is 1.68. The van der Waals surface area contributed by atoms with Crippen molar-refractivity contribution < 1.29 is 23.9 Å². The first-order chi connectivity index (χ1) is 13.8. The predicted octanol–water partition coefficient (Wildman–Crippen LogP) is 4.50. The Morgan fingerprint density at radius 2 is 1.76 bits per heavy atom. The maximum atomic E-state index is 12.0. The lowest BCUT2D eigenvalue weighted by Crippen LogP contribution is -2.21. The molecule has 2 rings (SSSR count). The number of carbonyl (C=O) groups is 3. The molecule has 0 bridgehead atoms. The Hall–Kier alpha value is -2.86. The molecule has 0 atom stereocenters. The predicted molar refractivity (Wildman–Crippen MR) is 112 cm³/mol. The van der Waals surface area contributed by atoms with Crippen LogP contribution in [0.3, 0.4) is 0 Å². The lowest BCUT2D eigenvalue weighted by molar-refractivity contribution is -0.147. The van der Waals surface area contributed by atoms with Crippen molar-refractivity contribution in [1.29, 1.82) is 0 Å². The van der Waals surface area contributed by atoms with Crippen LogP contribution in [-0.4, -0.2) is 30.9 Å². The SMILES string of the molecule is CC(=O)c1ccc(OCCCC(=O)OCC(=O)Nc2c(C)cc(C)cc2Cl)cc1. The van der Waals surface area contributed by atoms with E-state index >= 15 is 0 Å². The van der Waals surface area contributed by atoms with Gasteiger partial charge in [-0.15, -0.1) is 0 Å². The summed E-state index contributed by atoms with van der Waals surface area (Å²) in [6, 6.07) is 10.4. The van der Waals surface area contributed by atoms with E-state index in [9.17, 15) is 14.4 Å². The fraction of sp³-hybridized carbons (Fsp3) is 0.318. The second-order valence-electron chi connectivity index (χ2n) is 6.68. The lowest BCUT2D eigenvalue weighted by Gasteiger charge is -2.12. The van der Waals surface area contributed by atoms with Crippen LogP contribution in [0.25, 0.3) is 0 Å². The number of ether oxygens (including phenoxy) is 2. The number of hydrogen-bond acceptors (Lipinski definition) is 5. The molecular weight excluding hydrogens is 394 g/mol. The highest BCUT2D eigenvalue weighted by atomic mass is 35.5. The number of Topliss-reactive ketones (excluding diaryl/α,β-unsaturated/α-hetero) is 1. The molecule has 0 radical (unpaired) electrons. The summed E-state index contributed by atoms with van der Waals surface area (Å²) in [6.45, 7) is 5.19. The largest absolute Gasteiger partial charge is 0.494 e. The molecule has 29 heavy (non-hydrogen) atoms. The normalized spacial score (nSPS) is 10.3. The molecule has 1 amide bonds. The molecule has 0 aliphatic heterocycles. The van der Waals surface area contributed by atoms with Crippen LogP contribution in [0.5, 0.6) is 5.75 Å². The lowest BCUT2D eigenvalue weighted by atomic mass is 10.1. The molecule has 0 unspecified atom stereocenters. The molecule has 7 heteroatoms. The van der Waals surface area contributed by atoms with E-state index in [1.54, 1.807) is 30.3 Å². The second kappa shape index (κ2) is 10.6. The molecule has 154 valence electrons. The second-order valence-corrected chi connectivity index (χ2v) is 7.09. The molecule has 0 aliphatic carbocycles. The van der Waals surface area contributed by atoms with E-state index in [0.717, 1.165) is 11.1 Å². The highest BCUT2D eigenvalue weighted by molar-refractivity contribution is 6.34. The number of nitrogens with one attached hydrogen (secondary N) is 1. The zero-order chi connectivity index (χ0) is 21.4. The Morgan fingerprint density at radius 1 is 1.07 bits per heavy atom. The van der Waals surface area contributed by atoms with Crippen molar-refractivity contribution in [2.24, 2.45) is 0 Å². The number of amides is 1. The Labute approximate surface area is 175 Å². The van der Waals surface area contributed by atoms with Gasteiger partial charge in [-0.25, -0.2) is 0 Å². The van der Waals surface area contributed by atoms with Crippen LogP contribution in [0.2, 0.25) is 5.02 Å². The molecule has 0 aromatic heterocycles. The summed E-state index contributed by atoms with van der Waals surface area (Å²) in [7, 11) is 0. The quantitative estimate of drug-likeness (QED) is 0.369. The Morgan fingerprint density at radius 3 is 2.38 bits per heavy atom. The van der Waals surface area contributed by atoms with Gasteiger partial charge in [-0.05, 0) is 68.7 Å². The highest BCUT2D eigenvalue weighted by Crippen LogP contribution is 2.27. The van der Waals surface area contributed by atoms with Gasteiger partial charge in [-0.3, -0.25) is 14.4 Å². The zero-order valence-corrected chi connectivity index (χ0v) is 17.5. The van der Waals surface area contributed by atoms with Gasteiger partial charge in [0.2, 0.25) is 0 Å². The Bertz CT molecular complexity index is 870. The molecule has 2 aromatic carbocycles. The van der Waals surface area contributed by atoms with Crippen LogP contribution in [0.15, 0.2) is 36.4 Å². The molecule has 1 N–H and O–H groups in total. The maximum Gasteiger partial charge on any atom is 0.306 e. The average molecular weight is 418 g/mol. The van der Waals surface area contributed by atoms with Crippen LogP contribution in [0, 0.1) is 13.8 Å². The first-order valence-corrected chi connectivity index (χ1v) is 9.60. The van der Waals surface area contributed by atoms with Gasteiger partial charge in [0, 0.05) is 12.0 Å². The zero-order valence-electron chi connectivity index (χ0n) is 16.7. The third-order valence-electron chi connectivity index (χ3n) is 4.12. The molecular formula is C22H24ClNO5. The van der Waals surface area contributed by atoms with Gasteiger partial charge in [0.05, 0.1) is 17.3 Å². The van der Waals surface area contributed by atoms with E-state index in [2.05, 4.69) is 5.32 Å². The Kier molecular flexibility index (Phi) is 8.21. The first kappa shape index (κ1) is 22.4. The topological polar surface area (TPSA) is 81.7 Å². The van der Waals surface area contributed by atoms with Crippen LogP contribution in [-0.2, 0) is 14.3 Å². The van der Waals surface area contributed by atoms with E-state index in [0.29, 0.717) is 35.1 Å². The number of esters is 1. The van der Waals surface area contributed by atoms with Gasteiger partial charge in [-0.1, -0.05) is 17.7 Å². The summed E-state index contributed by atoms with van der Waals surface area (Å²) in [6.07, 6.45) is 0.570. The summed E-state index contributed by atoms with van der Waals surface area (Å²) in [5.41, 5.74) is 2.96. The minimum absolute atomic E-state index is 0.0110. The molecule has 0 saturated carbocycles. The van der Waals surface area contributed by atoms with Crippen molar-refractivity contribution in [3.05, 3.63) is 58.1 Å². The van der Waals surface area contributed by atoms with Gasteiger partial charge in [0.15, 0.2) is 12.4 Å². The molecule has 6 nitrogen and oxygen atoms in total. The monoisotopic (exact) mass is 417 g/mol. The summed E-state index contributed by atoms with van der Waals surface area (Å²) in [5, 5.41) is 3.11. The fourth-order valence-electron chi connectivity index (χ4n) is 2.66. The van der Waals surface area contributed by atoms with Gasteiger partial charge in [0.25, 0.3) is 5.91 Å². The standard InChI is InChI=1S/C22H24ClNO5/c1-14-11-15(2)22(19(23)12-14)24-20(26)13-29-21(27)5-4-10-28-18-8-6-17(7-9-18)16(3)25/h6-9,11-12H,4-5,10,13H2,1-3H3,(H,24,26). The minimum Gasteiger partial charge on any atom is -0.494 e. The van der Waals surface area contributed by atoms with Gasteiger partial charge < -0.3 is 14.8 Å². The van der Waals surface area contributed by atoms with E-state index in [1.165, 1.54) is 6.92 Å². The van der Waals surface area contributed by atoms with Gasteiger partial charge in [-0.2, -0.15) is 0 Å². The first-order valence-electron chi connectivity index (χ1n) is 9.22. The van der Waals surface area contributed by atoms with Crippen molar-refractivity contribution in [2.45, 2.75) is 33.6 Å². The van der Waals surface area contributed by atoms with Crippen LogP contribution < -0.4 is 10.1 Å². The summed E-state index contributed by atoms with van der Waals surface area (Å²) < 4.78 is 10.5. The number of hydrogen-bond donors (Lipinski definition) is 1. The van der Waals surface area contributed by atoms with Crippen molar-refractivity contribution in [3.8, 4) is 5.75 Å². The average Bonchev–Trinajstić information content (AvgIpc) is 2.66. The number of aryl methyl sites for hydroxylation is 2. The highest BCUT2D eigenvalue weighted by Gasteiger charge is 2.12. The molecule has 0 fully saturated rings. The molecule has 2 aromatic rings. The van der Waals surface area contributed by atoms with Crippen LogP contribution in [0.1, 0.15) is 41.3 Å². The number of rotatable bonds is 9. The third kappa shape index (κ3) is 7.23. The summed E-state index contributed by atoms with van der Waals surface area (Å²) in [4.78, 5) is 35.0. The van der Waals surface area contributed by atoms with Gasteiger partial charge >= 0.3 is 5.97 Å². The third-order valence-corrected chi connectivity index (χ3v) is 4.41.